The first kappa shape index (κ1) is 55.9. The van der Waals surface area contributed by atoms with Gasteiger partial charge in [0.1, 0.15) is 12.2 Å². The van der Waals surface area contributed by atoms with Crippen LogP contribution in [0.5, 0.6) is 0 Å². The molecule has 0 N–H and O–H groups in total. The van der Waals surface area contributed by atoms with E-state index in [1.54, 1.807) is 0 Å². The van der Waals surface area contributed by atoms with Gasteiger partial charge in [-0.2, -0.15) is 0 Å². The van der Waals surface area contributed by atoms with Crippen LogP contribution in [-0.2, 0) is 19.1 Å². The van der Waals surface area contributed by atoms with Gasteiger partial charge in [0.05, 0.1) is 0 Å². The normalized spacial score (nSPS) is 11.9. The minimum Gasteiger partial charge on any atom is -0.462 e. The Morgan fingerprint density at radius 2 is 0.667 bits per heavy atom. The van der Waals surface area contributed by atoms with E-state index >= 15 is 0 Å². The predicted molar refractivity (Wildman–Crippen MR) is 248 cm³/mol. The van der Waals surface area contributed by atoms with E-state index in [1.165, 1.54) is 180 Å². The summed E-state index contributed by atoms with van der Waals surface area (Å²) in [4.78, 5) is 30.3. The van der Waals surface area contributed by atoms with E-state index < -0.39 is 0 Å². The third-order valence-corrected chi connectivity index (χ3v) is 12.2. The van der Waals surface area contributed by atoms with Crippen LogP contribution in [-0.4, -0.2) is 74.2 Å². The smallest absolute Gasteiger partial charge is 0.306 e. The van der Waals surface area contributed by atoms with Crippen molar-refractivity contribution in [1.29, 1.82) is 0 Å². The van der Waals surface area contributed by atoms with Crippen molar-refractivity contribution in [1.82, 2.24) is 9.80 Å². The average Bonchev–Trinajstić information content (AvgIpc) is 3.19. The summed E-state index contributed by atoms with van der Waals surface area (Å²) < 4.78 is 12.0. The molecule has 0 aromatic rings. The molecule has 0 unspecified atom stereocenters. The quantitative estimate of drug-likeness (QED) is 0.0451. The average molecular weight is 807 g/mol. The molecule has 0 spiro atoms. The van der Waals surface area contributed by atoms with E-state index in [4.69, 9.17) is 9.47 Å². The number of nitrogens with zero attached hydrogens (tertiary/aromatic N) is 2. The molecule has 0 fully saturated rings. The van der Waals surface area contributed by atoms with Gasteiger partial charge in [-0.15, -0.1) is 0 Å². The number of carbonyl (C=O) groups excluding carboxylic acids is 2. The van der Waals surface area contributed by atoms with Crippen LogP contribution >= 0.6 is 0 Å². The molecule has 0 aliphatic carbocycles. The van der Waals surface area contributed by atoms with Crippen LogP contribution in [0.25, 0.3) is 0 Å². The van der Waals surface area contributed by atoms with Crippen LogP contribution in [0.3, 0.4) is 0 Å². The minimum atomic E-state index is 0.0381. The summed E-state index contributed by atoms with van der Waals surface area (Å²) >= 11 is 0. The zero-order valence-electron chi connectivity index (χ0n) is 39.8. The number of unbranched alkanes of at least 4 members (excludes halogenated alkanes) is 22. The second kappa shape index (κ2) is 43.0. The molecule has 0 radical (unpaired) electrons. The van der Waals surface area contributed by atoms with Crippen molar-refractivity contribution in [2.24, 2.45) is 0 Å². The first-order chi connectivity index (χ1) is 27.8. The summed E-state index contributed by atoms with van der Waals surface area (Å²) in [7, 11) is 6.70. The summed E-state index contributed by atoms with van der Waals surface area (Å²) in [5.74, 6) is 0.0762. The lowest BCUT2D eigenvalue weighted by Crippen LogP contribution is -2.34. The van der Waals surface area contributed by atoms with Crippen molar-refractivity contribution >= 4 is 11.9 Å². The number of carbonyl (C=O) groups is 2. The SMILES string of the molecule is CCCCCCC(CCCCCC)OC(=O)CCCCCCCCC(CCCCCCCCC(=O)OC(CCCCCC)CCCCCC)N(C)CCCN(C)C. The van der Waals surface area contributed by atoms with E-state index in [9.17, 15) is 9.59 Å². The zero-order valence-corrected chi connectivity index (χ0v) is 39.8. The van der Waals surface area contributed by atoms with Gasteiger partial charge in [-0.05, 0) is 118 Å². The number of hydrogen-bond acceptors (Lipinski definition) is 6. The van der Waals surface area contributed by atoms with Crippen molar-refractivity contribution < 1.29 is 19.1 Å². The van der Waals surface area contributed by atoms with Gasteiger partial charge in [-0.25, -0.2) is 0 Å². The summed E-state index contributed by atoms with van der Waals surface area (Å²) in [6.07, 6.45) is 43.8. The number of rotatable bonds is 45. The van der Waals surface area contributed by atoms with Gasteiger partial charge < -0.3 is 19.3 Å². The lowest BCUT2D eigenvalue weighted by Gasteiger charge is -2.29. The lowest BCUT2D eigenvalue weighted by atomic mass is 9.98. The maximum absolute atomic E-state index is 12.7. The molecule has 6 nitrogen and oxygen atoms in total. The van der Waals surface area contributed by atoms with E-state index in [0.29, 0.717) is 18.9 Å². The Bertz CT molecular complexity index is 769. The van der Waals surface area contributed by atoms with Gasteiger partial charge in [-0.3, -0.25) is 9.59 Å². The van der Waals surface area contributed by atoms with Crippen LogP contribution in [0.2, 0.25) is 0 Å². The van der Waals surface area contributed by atoms with E-state index in [2.05, 4.69) is 58.6 Å². The third-order valence-electron chi connectivity index (χ3n) is 12.2. The Hall–Kier alpha value is -1.14. The summed E-state index contributed by atoms with van der Waals surface area (Å²) in [5.41, 5.74) is 0. The maximum atomic E-state index is 12.7. The van der Waals surface area contributed by atoms with Crippen molar-refractivity contribution in [2.75, 3.05) is 34.2 Å². The predicted octanol–water partition coefficient (Wildman–Crippen LogP) is 15.2. The van der Waals surface area contributed by atoms with Gasteiger partial charge in [0.2, 0.25) is 0 Å². The van der Waals surface area contributed by atoms with Crippen molar-refractivity contribution in [2.45, 2.75) is 284 Å². The zero-order chi connectivity index (χ0) is 42.0. The molecule has 0 heterocycles. The number of hydrogen-bond donors (Lipinski definition) is 0. The first-order valence-electron chi connectivity index (χ1n) is 25.5. The molecule has 0 aliphatic heterocycles. The van der Waals surface area contributed by atoms with Crippen LogP contribution in [0, 0.1) is 0 Å². The summed E-state index contributed by atoms with van der Waals surface area (Å²) in [6.45, 7) is 11.3. The molecule has 0 saturated heterocycles. The highest BCUT2D eigenvalue weighted by atomic mass is 16.5. The van der Waals surface area contributed by atoms with Crippen LogP contribution in [0.4, 0.5) is 0 Å². The highest BCUT2D eigenvalue weighted by Gasteiger charge is 2.17. The monoisotopic (exact) mass is 807 g/mol. The topological polar surface area (TPSA) is 59.1 Å². The molecule has 0 amide bonds. The molecule has 0 aromatic carbocycles. The fraction of sp³-hybridized carbons (Fsp3) is 0.961. The Morgan fingerprint density at radius 3 is 1.00 bits per heavy atom. The molecular formula is C51H102N2O4. The second-order valence-corrected chi connectivity index (χ2v) is 18.2. The van der Waals surface area contributed by atoms with Gasteiger partial charge in [-0.1, -0.05) is 169 Å². The fourth-order valence-electron chi connectivity index (χ4n) is 8.33. The van der Waals surface area contributed by atoms with E-state index in [-0.39, 0.29) is 24.1 Å². The second-order valence-electron chi connectivity index (χ2n) is 18.2. The maximum Gasteiger partial charge on any atom is 0.306 e. The Kier molecular flexibility index (Phi) is 42.1. The van der Waals surface area contributed by atoms with Gasteiger partial charge in [0.15, 0.2) is 0 Å². The van der Waals surface area contributed by atoms with E-state index in [1.807, 2.05) is 0 Å². The molecular weight excluding hydrogens is 705 g/mol. The molecule has 0 atom stereocenters. The van der Waals surface area contributed by atoms with Gasteiger partial charge >= 0.3 is 11.9 Å². The first-order valence-corrected chi connectivity index (χ1v) is 25.5. The van der Waals surface area contributed by atoms with Crippen molar-refractivity contribution in [3.05, 3.63) is 0 Å². The summed E-state index contributed by atoms with van der Waals surface area (Å²) in [6, 6.07) is 0.672. The molecule has 6 heteroatoms. The molecule has 0 rings (SSSR count). The van der Waals surface area contributed by atoms with Gasteiger partial charge in [0.25, 0.3) is 0 Å². The highest BCUT2D eigenvalue weighted by molar-refractivity contribution is 5.69. The summed E-state index contributed by atoms with van der Waals surface area (Å²) in [5, 5.41) is 0. The molecule has 0 aliphatic rings. The van der Waals surface area contributed by atoms with Crippen LogP contribution in [0.1, 0.15) is 265 Å². The van der Waals surface area contributed by atoms with Crippen LogP contribution < -0.4 is 0 Å². The molecule has 340 valence electrons. The lowest BCUT2D eigenvalue weighted by molar-refractivity contribution is -0.151. The van der Waals surface area contributed by atoms with Gasteiger partial charge in [0, 0.05) is 18.9 Å². The minimum absolute atomic E-state index is 0.0381. The number of esters is 2. The molecule has 0 aromatic heterocycles. The molecule has 0 bridgehead atoms. The highest BCUT2D eigenvalue weighted by Crippen LogP contribution is 2.21. The Balaban J connectivity index is 4.40. The Labute approximate surface area is 357 Å². The van der Waals surface area contributed by atoms with Crippen LogP contribution in [0.15, 0.2) is 0 Å². The standard InChI is InChI=1S/C51H102N2O4/c1-8-12-16-30-39-48(40-31-17-13-9-2)56-50(54)43-34-26-22-20-24-28-37-47(53(7)46-36-45-52(5)6)38-29-25-21-23-27-35-44-51(55)57-49(41-32-18-14-10-3)42-33-19-15-11-4/h47-49H,8-46H2,1-7H3. The number of ether oxygens (including phenoxy) is 2. The molecule has 0 saturated carbocycles. The third kappa shape index (κ3) is 38.8. The van der Waals surface area contributed by atoms with Crippen molar-refractivity contribution in [3.8, 4) is 0 Å². The fourth-order valence-corrected chi connectivity index (χ4v) is 8.33. The van der Waals surface area contributed by atoms with E-state index in [0.717, 1.165) is 57.9 Å². The molecule has 57 heavy (non-hydrogen) atoms. The Morgan fingerprint density at radius 1 is 0.368 bits per heavy atom. The van der Waals surface area contributed by atoms with Crippen molar-refractivity contribution in [3.63, 3.8) is 0 Å². The largest absolute Gasteiger partial charge is 0.462 e.